The molecule has 0 saturated carbocycles. The van der Waals surface area contributed by atoms with Crippen molar-refractivity contribution < 1.29 is 24.1 Å². The summed E-state index contributed by atoms with van der Waals surface area (Å²) in [7, 11) is 0. The van der Waals surface area contributed by atoms with Crippen LogP contribution in [0, 0.1) is 0 Å². The van der Waals surface area contributed by atoms with E-state index in [1.165, 1.54) is 167 Å². The molecule has 0 aliphatic carbocycles. The number of hydrogen-bond acceptors (Lipinski definition) is 4. The number of unbranched alkanes of at least 4 members (excludes halogenated alkanes) is 24. The maximum absolute atomic E-state index is 11.4. The van der Waals surface area contributed by atoms with E-state index in [4.69, 9.17) is 18.9 Å². The summed E-state index contributed by atoms with van der Waals surface area (Å²) in [5.41, 5.74) is 0.862. The molecule has 0 bridgehead atoms. The average Bonchev–Trinajstić information content (AvgIpc) is 3.64. The monoisotopic (exact) mass is 712 g/mol. The molecule has 293 valence electrons. The Bertz CT molecular complexity index is 897. The average molecular weight is 712 g/mol. The highest BCUT2D eigenvalue weighted by molar-refractivity contribution is 5.39. The minimum atomic E-state index is -0.536. The van der Waals surface area contributed by atoms with Crippen LogP contribution in [0.4, 0.5) is 0 Å². The van der Waals surface area contributed by atoms with Crippen molar-refractivity contribution in [3.05, 3.63) is 48.1 Å². The highest BCUT2D eigenvalue weighted by Gasteiger charge is 2.28. The second kappa shape index (κ2) is 34.0. The molecule has 1 heterocycles. The molecule has 51 heavy (non-hydrogen) atoms. The second-order valence-corrected chi connectivity index (χ2v) is 14.9. The summed E-state index contributed by atoms with van der Waals surface area (Å²) in [5, 5.41) is 11.4. The lowest BCUT2D eigenvalue weighted by molar-refractivity contribution is -0.0727. The molecule has 0 N–H and O–H groups in total. The van der Waals surface area contributed by atoms with Gasteiger partial charge in [-0.15, -0.1) is 0 Å². The summed E-state index contributed by atoms with van der Waals surface area (Å²) < 4.78 is 24.0. The van der Waals surface area contributed by atoms with Crippen LogP contribution in [0.15, 0.2) is 42.5 Å². The Morgan fingerprint density at radius 3 is 1.27 bits per heavy atom. The molecule has 1 aliphatic rings. The minimum Gasteiger partial charge on any atom is -0.493 e. The number of allylic oxidation sites excluding steroid dienone is 4. The van der Waals surface area contributed by atoms with E-state index in [1.807, 2.05) is 18.2 Å². The van der Waals surface area contributed by atoms with E-state index in [-0.39, 0.29) is 6.61 Å². The van der Waals surface area contributed by atoms with Gasteiger partial charge in [0.2, 0.25) is 0 Å². The van der Waals surface area contributed by atoms with Gasteiger partial charge in [0.05, 0.1) is 19.8 Å². The first-order valence-electron chi connectivity index (χ1n) is 21.8. The first-order valence-corrected chi connectivity index (χ1v) is 21.8. The summed E-state index contributed by atoms with van der Waals surface area (Å²) >= 11 is 0. The van der Waals surface area contributed by atoms with Crippen LogP contribution < -0.4 is 9.47 Å². The molecule has 1 fully saturated rings. The molecule has 2 rings (SSSR count). The van der Waals surface area contributed by atoms with Crippen LogP contribution in [0.5, 0.6) is 11.5 Å². The Morgan fingerprint density at radius 1 is 0.529 bits per heavy atom. The third-order valence-electron chi connectivity index (χ3n) is 9.96. The van der Waals surface area contributed by atoms with Crippen molar-refractivity contribution in [3.63, 3.8) is 0 Å². The van der Waals surface area contributed by atoms with Crippen LogP contribution in [0.2, 0.25) is 0 Å². The zero-order valence-corrected chi connectivity index (χ0v) is 33.4. The van der Waals surface area contributed by atoms with Gasteiger partial charge < -0.3 is 18.9 Å². The zero-order valence-electron chi connectivity index (χ0n) is 33.4. The van der Waals surface area contributed by atoms with Gasteiger partial charge in [-0.25, -0.2) is 5.11 Å². The Labute approximate surface area is 315 Å². The van der Waals surface area contributed by atoms with Gasteiger partial charge in [-0.2, -0.15) is 0 Å². The molecule has 1 saturated heterocycles. The molecule has 1 radical (unpaired) electrons. The van der Waals surface area contributed by atoms with Crippen LogP contribution >= 0.6 is 0 Å². The van der Waals surface area contributed by atoms with Crippen molar-refractivity contribution in [2.24, 2.45) is 0 Å². The molecular weight excluding hydrogens is 633 g/mol. The number of ether oxygens (including phenoxy) is 4. The lowest BCUT2D eigenvalue weighted by atomic mass is 10.1. The fraction of sp³-hybridized carbons (Fsp3) is 0.783. The normalized spacial score (nSPS) is 16.2. The van der Waals surface area contributed by atoms with Gasteiger partial charge in [0.15, 0.2) is 6.29 Å². The van der Waals surface area contributed by atoms with Gasteiger partial charge in [-0.1, -0.05) is 154 Å². The minimum absolute atomic E-state index is 0.290. The summed E-state index contributed by atoms with van der Waals surface area (Å²) in [5.74, 6) is 1.57. The molecule has 1 aliphatic heterocycles. The number of rotatable bonds is 36. The van der Waals surface area contributed by atoms with Crippen LogP contribution in [-0.2, 0) is 14.6 Å². The maximum Gasteiger partial charge on any atom is 0.184 e. The third kappa shape index (κ3) is 25.7. The molecule has 5 heteroatoms. The van der Waals surface area contributed by atoms with Crippen LogP contribution in [0.25, 0.3) is 0 Å². The van der Waals surface area contributed by atoms with Crippen molar-refractivity contribution in [2.75, 3.05) is 26.4 Å². The molecule has 1 aromatic rings. The van der Waals surface area contributed by atoms with Gasteiger partial charge in [0, 0.05) is 11.6 Å². The van der Waals surface area contributed by atoms with Crippen molar-refractivity contribution in [2.45, 2.75) is 206 Å². The van der Waals surface area contributed by atoms with Crippen molar-refractivity contribution in [1.82, 2.24) is 0 Å². The van der Waals surface area contributed by atoms with E-state index in [1.54, 1.807) is 0 Å². The highest BCUT2D eigenvalue weighted by atomic mass is 16.7. The van der Waals surface area contributed by atoms with E-state index < -0.39 is 12.4 Å². The molecule has 1 aromatic carbocycles. The topological polar surface area (TPSA) is 56.8 Å². The second-order valence-electron chi connectivity index (χ2n) is 14.9. The smallest absolute Gasteiger partial charge is 0.184 e. The summed E-state index contributed by atoms with van der Waals surface area (Å²) in [6.45, 7) is 5.98. The van der Waals surface area contributed by atoms with Crippen LogP contribution in [0.3, 0.4) is 0 Å². The molecule has 0 aromatic heterocycles. The summed E-state index contributed by atoms with van der Waals surface area (Å²) in [6, 6.07) is 5.95. The Morgan fingerprint density at radius 2 is 0.902 bits per heavy atom. The van der Waals surface area contributed by atoms with E-state index >= 15 is 0 Å². The lowest BCUT2D eigenvalue weighted by Crippen LogP contribution is -2.13. The van der Waals surface area contributed by atoms with Crippen molar-refractivity contribution in [1.29, 1.82) is 0 Å². The van der Waals surface area contributed by atoms with Gasteiger partial charge in [-0.05, 0) is 76.3 Å². The molecule has 0 spiro atoms. The van der Waals surface area contributed by atoms with E-state index in [0.29, 0.717) is 19.8 Å². The molecule has 2 unspecified atom stereocenters. The van der Waals surface area contributed by atoms with Gasteiger partial charge in [-0.3, -0.25) is 0 Å². The summed E-state index contributed by atoms with van der Waals surface area (Å²) in [4.78, 5) is 0. The van der Waals surface area contributed by atoms with E-state index in [2.05, 4.69) is 38.2 Å². The van der Waals surface area contributed by atoms with Crippen LogP contribution in [-0.4, -0.2) is 32.5 Å². The van der Waals surface area contributed by atoms with Crippen LogP contribution in [0.1, 0.15) is 205 Å². The first kappa shape index (κ1) is 45.3. The molecular formula is C46H79O5. The Hall–Kier alpha value is -1.82. The number of benzene rings is 1. The van der Waals surface area contributed by atoms with E-state index in [0.717, 1.165) is 29.9 Å². The lowest BCUT2D eigenvalue weighted by Gasteiger charge is -2.16. The fourth-order valence-electron chi connectivity index (χ4n) is 6.69. The molecule has 5 nitrogen and oxygen atoms in total. The quantitative estimate of drug-likeness (QED) is 0.0513. The predicted octanol–water partition coefficient (Wildman–Crippen LogP) is 14.4. The first-order chi connectivity index (χ1) is 25.3. The molecule has 2 atom stereocenters. The van der Waals surface area contributed by atoms with E-state index in [9.17, 15) is 5.11 Å². The van der Waals surface area contributed by atoms with Gasteiger partial charge >= 0.3 is 0 Å². The highest BCUT2D eigenvalue weighted by Crippen LogP contribution is 2.33. The van der Waals surface area contributed by atoms with Crippen molar-refractivity contribution in [3.8, 4) is 11.5 Å². The summed E-state index contributed by atoms with van der Waals surface area (Å²) in [6.07, 6.45) is 45.0. The van der Waals surface area contributed by atoms with Gasteiger partial charge in [0.1, 0.15) is 24.2 Å². The standard InChI is InChI=1S/C46H79O5/c1-3-5-7-9-11-13-15-17-19-21-23-25-27-29-31-33-35-48-43-37-42(46-50-41-45(40-47)51-46)38-44(39-43)49-36-34-32-30-28-26-24-22-20-18-16-14-12-10-8-6-4-2/h17-20,37-39,45-46H,3-16,21-36,40-41H2,1-2H3/b19-17-,20-18-. The largest absolute Gasteiger partial charge is 0.493 e. The SMILES string of the molecule is CCCCCCCC/C=C\CCCCCCCCOc1cc(OCCCCCCCC/C=C\CCCCCCCC)cc(C2OCC(C[O])O2)c1. The van der Waals surface area contributed by atoms with Crippen molar-refractivity contribution >= 4 is 0 Å². The zero-order chi connectivity index (χ0) is 36.3. The van der Waals surface area contributed by atoms with Gasteiger partial charge in [0.25, 0.3) is 0 Å². The Balaban J connectivity index is 1.55. The molecule has 0 amide bonds. The number of hydrogen-bond donors (Lipinski definition) is 0. The third-order valence-corrected chi connectivity index (χ3v) is 9.96. The predicted molar refractivity (Wildman–Crippen MR) is 215 cm³/mol. The Kier molecular flexibility index (Phi) is 30.2. The fourth-order valence-corrected chi connectivity index (χ4v) is 6.69. The maximum atomic E-state index is 11.4.